The first-order chi connectivity index (χ1) is 10.7. The van der Waals surface area contributed by atoms with Gasteiger partial charge in [-0.1, -0.05) is 0 Å². The molecule has 0 atom stereocenters. The first-order valence-electron chi connectivity index (χ1n) is 7.88. The highest BCUT2D eigenvalue weighted by molar-refractivity contribution is 14.0. The summed E-state index contributed by atoms with van der Waals surface area (Å²) in [4.78, 5) is 6.86. The van der Waals surface area contributed by atoms with Crippen LogP contribution < -0.4 is 14.8 Å². The minimum absolute atomic E-state index is 0. The van der Waals surface area contributed by atoms with Gasteiger partial charge in [0.25, 0.3) is 0 Å². The Morgan fingerprint density at radius 1 is 1.30 bits per heavy atom. The van der Waals surface area contributed by atoms with Crippen molar-refractivity contribution in [2.24, 2.45) is 10.9 Å². The Kier molecular flexibility index (Phi) is 8.51. The Bertz CT molecular complexity index is 519. The number of nitrogens with one attached hydrogen (secondary N) is 1. The molecular weight excluding hydrogens is 405 g/mol. The van der Waals surface area contributed by atoms with E-state index in [1.165, 1.54) is 12.8 Å². The summed E-state index contributed by atoms with van der Waals surface area (Å²) in [5.74, 6) is 3.38. The van der Waals surface area contributed by atoms with Crippen molar-refractivity contribution < 1.29 is 9.47 Å². The summed E-state index contributed by atoms with van der Waals surface area (Å²) in [6, 6.07) is 5.91. The summed E-state index contributed by atoms with van der Waals surface area (Å²) in [6.07, 6.45) is 2.64. The zero-order chi connectivity index (χ0) is 15.9. The first-order valence-corrected chi connectivity index (χ1v) is 7.88. The highest BCUT2D eigenvalue weighted by Gasteiger charge is 2.21. The van der Waals surface area contributed by atoms with Crippen molar-refractivity contribution in [3.05, 3.63) is 23.8 Å². The molecule has 0 aromatic heterocycles. The Morgan fingerprint density at radius 3 is 2.61 bits per heavy atom. The Hall–Kier alpha value is -1.18. The quantitative estimate of drug-likeness (QED) is 0.408. The number of benzene rings is 1. The minimum atomic E-state index is 0. The van der Waals surface area contributed by atoms with Crippen LogP contribution in [-0.4, -0.2) is 45.2 Å². The molecule has 23 heavy (non-hydrogen) atoms. The molecule has 130 valence electrons. The van der Waals surface area contributed by atoms with Gasteiger partial charge in [0.2, 0.25) is 0 Å². The van der Waals surface area contributed by atoms with Crippen molar-refractivity contribution in [1.82, 2.24) is 10.2 Å². The Morgan fingerprint density at radius 2 is 2.04 bits per heavy atom. The summed E-state index contributed by atoms with van der Waals surface area (Å²) >= 11 is 0. The van der Waals surface area contributed by atoms with Crippen LogP contribution in [0, 0.1) is 5.92 Å². The van der Waals surface area contributed by atoms with Gasteiger partial charge in [0, 0.05) is 38.3 Å². The highest BCUT2D eigenvalue weighted by atomic mass is 127. The molecule has 1 aliphatic rings. The molecule has 1 aliphatic carbocycles. The fourth-order valence-corrected chi connectivity index (χ4v) is 2.30. The van der Waals surface area contributed by atoms with Gasteiger partial charge in [-0.25, -0.2) is 0 Å². The predicted molar refractivity (Wildman–Crippen MR) is 105 cm³/mol. The van der Waals surface area contributed by atoms with Crippen LogP contribution in [0.5, 0.6) is 11.5 Å². The Balaban J connectivity index is 0.00000264. The van der Waals surface area contributed by atoms with Gasteiger partial charge in [-0.3, -0.25) is 4.99 Å². The number of ether oxygens (including phenoxy) is 2. The molecule has 0 unspecified atom stereocenters. The minimum Gasteiger partial charge on any atom is -0.497 e. The number of hydrogen-bond acceptors (Lipinski definition) is 3. The molecule has 0 amide bonds. The van der Waals surface area contributed by atoms with Crippen molar-refractivity contribution in [1.29, 1.82) is 0 Å². The van der Waals surface area contributed by atoms with Crippen molar-refractivity contribution in [2.45, 2.75) is 26.3 Å². The van der Waals surface area contributed by atoms with E-state index in [0.717, 1.165) is 48.6 Å². The average Bonchev–Trinajstić information content (AvgIpc) is 3.35. The Labute approximate surface area is 156 Å². The van der Waals surface area contributed by atoms with E-state index in [9.17, 15) is 0 Å². The molecule has 0 heterocycles. The standard InChI is InChI=1S/C17H27N3O2.HI/c1-5-18-17(19-11-13-6-7-13)20(2)12-14-8-9-15(21-3)10-16(14)22-4;/h8-10,13H,5-7,11-12H2,1-4H3,(H,18,19);1H. The predicted octanol–water partition coefficient (Wildman–Crippen LogP) is 3.13. The van der Waals surface area contributed by atoms with Gasteiger partial charge < -0.3 is 19.7 Å². The van der Waals surface area contributed by atoms with Crippen molar-refractivity contribution in [2.75, 3.05) is 34.4 Å². The van der Waals surface area contributed by atoms with Gasteiger partial charge >= 0.3 is 0 Å². The van der Waals surface area contributed by atoms with E-state index in [1.54, 1.807) is 14.2 Å². The second-order valence-electron chi connectivity index (χ2n) is 5.67. The fraction of sp³-hybridized carbons (Fsp3) is 0.588. The molecule has 1 aromatic carbocycles. The molecule has 6 heteroatoms. The average molecular weight is 433 g/mol. The van der Waals surface area contributed by atoms with Crippen LogP contribution in [-0.2, 0) is 6.54 Å². The van der Waals surface area contributed by atoms with E-state index < -0.39 is 0 Å². The van der Waals surface area contributed by atoms with Crippen LogP contribution in [0.4, 0.5) is 0 Å². The molecule has 1 fully saturated rings. The third kappa shape index (κ3) is 6.08. The maximum absolute atomic E-state index is 5.47. The third-order valence-electron chi connectivity index (χ3n) is 3.79. The summed E-state index contributed by atoms with van der Waals surface area (Å²) in [5.41, 5.74) is 1.11. The van der Waals surface area contributed by atoms with Crippen molar-refractivity contribution in [3.63, 3.8) is 0 Å². The summed E-state index contributed by atoms with van der Waals surface area (Å²) in [7, 11) is 5.40. The molecule has 0 aliphatic heterocycles. The summed E-state index contributed by atoms with van der Waals surface area (Å²) in [6.45, 7) is 4.62. The van der Waals surface area contributed by atoms with E-state index in [4.69, 9.17) is 14.5 Å². The topological polar surface area (TPSA) is 46.1 Å². The fourth-order valence-electron chi connectivity index (χ4n) is 2.30. The molecule has 2 rings (SSSR count). The number of methoxy groups -OCH3 is 2. The number of aliphatic imine (C=N–C) groups is 1. The zero-order valence-corrected chi connectivity index (χ0v) is 16.8. The van der Waals surface area contributed by atoms with E-state index in [0.29, 0.717) is 0 Å². The van der Waals surface area contributed by atoms with Crippen LogP contribution >= 0.6 is 24.0 Å². The van der Waals surface area contributed by atoms with Crippen LogP contribution in [0.15, 0.2) is 23.2 Å². The van der Waals surface area contributed by atoms with Crippen LogP contribution in [0.1, 0.15) is 25.3 Å². The number of rotatable bonds is 7. The van der Waals surface area contributed by atoms with Gasteiger partial charge in [0.05, 0.1) is 14.2 Å². The number of guanidine groups is 1. The molecule has 0 bridgehead atoms. The van der Waals surface area contributed by atoms with Gasteiger partial charge in [-0.15, -0.1) is 24.0 Å². The lowest BCUT2D eigenvalue weighted by Gasteiger charge is -2.23. The van der Waals surface area contributed by atoms with Crippen molar-refractivity contribution >= 4 is 29.9 Å². The molecule has 0 saturated heterocycles. The maximum Gasteiger partial charge on any atom is 0.193 e. The van der Waals surface area contributed by atoms with Crippen molar-refractivity contribution in [3.8, 4) is 11.5 Å². The largest absolute Gasteiger partial charge is 0.497 e. The van der Waals surface area contributed by atoms with Crippen LogP contribution in [0.2, 0.25) is 0 Å². The SMILES string of the molecule is CCNC(=NCC1CC1)N(C)Cc1ccc(OC)cc1OC.I. The van der Waals surface area contributed by atoms with E-state index >= 15 is 0 Å². The number of hydrogen-bond donors (Lipinski definition) is 1. The van der Waals surface area contributed by atoms with E-state index in [-0.39, 0.29) is 24.0 Å². The lowest BCUT2D eigenvalue weighted by Crippen LogP contribution is -2.38. The number of halogens is 1. The summed E-state index contributed by atoms with van der Waals surface area (Å²) in [5, 5.41) is 3.36. The first kappa shape index (κ1) is 19.9. The lowest BCUT2D eigenvalue weighted by atomic mass is 10.2. The van der Waals surface area contributed by atoms with Gasteiger partial charge in [0.15, 0.2) is 5.96 Å². The molecule has 1 N–H and O–H groups in total. The maximum atomic E-state index is 5.47. The molecular formula is C17H28IN3O2. The summed E-state index contributed by atoms with van der Waals surface area (Å²) < 4.78 is 10.7. The van der Waals surface area contributed by atoms with Crippen LogP contribution in [0.25, 0.3) is 0 Å². The highest BCUT2D eigenvalue weighted by Crippen LogP contribution is 2.29. The molecule has 0 spiro atoms. The smallest absolute Gasteiger partial charge is 0.193 e. The van der Waals surface area contributed by atoms with E-state index in [1.807, 2.05) is 18.2 Å². The zero-order valence-electron chi connectivity index (χ0n) is 14.5. The second-order valence-corrected chi connectivity index (χ2v) is 5.67. The lowest BCUT2D eigenvalue weighted by molar-refractivity contribution is 0.382. The molecule has 5 nitrogen and oxygen atoms in total. The third-order valence-corrected chi connectivity index (χ3v) is 3.79. The normalized spacial score (nSPS) is 14.0. The van der Waals surface area contributed by atoms with E-state index in [2.05, 4.69) is 24.2 Å². The van der Waals surface area contributed by atoms with Gasteiger partial charge in [-0.05, 0) is 37.8 Å². The monoisotopic (exact) mass is 433 g/mol. The molecule has 1 aromatic rings. The molecule has 0 radical (unpaired) electrons. The number of nitrogens with zero attached hydrogens (tertiary/aromatic N) is 2. The molecule has 1 saturated carbocycles. The second kappa shape index (κ2) is 9.85. The van der Waals surface area contributed by atoms with Crippen LogP contribution in [0.3, 0.4) is 0 Å². The van der Waals surface area contributed by atoms with Gasteiger partial charge in [-0.2, -0.15) is 0 Å². The van der Waals surface area contributed by atoms with Gasteiger partial charge in [0.1, 0.15) is 11.5 Å².